The smallest absolute Gasteiger partial charge is 0.0252 e. The summed E-state index contributed by atoms with van der Waals surface area (Å²) in [5.41, 5.74) is 10.8. The Kier molecular flexibility index (Phi) is 4.62. The summed E-state index contributed by atoms with van der Waals surface area (Å²) in [5, 5.41) is 0. The van der Waals surface area contributed by atoms with Crippen LogP contribution in [0.15, 0.2) is 52.6 Å². The number of hydrogen-bond acceptors (Lipinski definition) is 0. The van der Waals surface area contributed by atoms with Crippen LogP contribution in [0.2, 0.25) is 0 Å². The van der Waals surface area contributed by atoms with Crippen LogP contribution in [-0.4, -0.2) is 0 Å². The van der Waals surface area contributed by atoms with Gasteiger partial charge in [-0.25, -0.2) is 0 Å². The summed E-state index contributed by atoms with van der Waals surface area (Å²) in [4.78, 5) is 0. The number of allylic oxidation sites excluding steroid dienone is 6. The van der Waals surface area contributed by atoms with Crippen molar-refractivity contribution in [3.05, 3.63) is 63.8 Å². The number of fused-ring (bicyclic) bond motifs is 1. The maximum absolute atomic E-state index is 2.57. The van der Waals surface area contributed by atoms with E-state index in [9.17, 15) is 0 Å². The van der Waals surface area contributed by atoms with Crippen LogP contribution in [0.25, 0.3) is 5.57 Å². The van der Waals surface area contributed by atoms with Gasteiger partial charge in [-0.15, -0.1) is 0 Å². The number of unbranched alkanes of at least 4 members (excludes halogenated alkanes) is 2. The van der Waals surface area contributed by atoms with E-state index in [0.29, 0.717) is 11.8 Å². The molecule has 0 saturated carbocycles. The van der Waals surface area contributed by atoms with Crippen molar-refractivity contribution in [2.75, 3.05) is 0 Å². The first-order chi connectivity index (χ1) is 11.1. The molecule has 0 nitrogen and oxygen atoms in total. The van der Waals surface area contributed by atoms with Crippen LogP contribution in [0.3, 0.4) is 0 Å². The van der Waals surface area contributed by atoms with E-state index in [1.54, 1.807) is 16.7 Å². The van der Waals surface area contributed by atoms with Crippen LogP contribution >= 0.6 is 0 Å². The van der Waals surface area contributed by atoms with E-state index in [-0.39, 0.29) is 0 Å². The minimum absolute atomic E-state index is 0.491. The highest BCUT2D eigenvalue weighted by Gasteiger charge is 2.33. The molecule has 122 valence electrons. The third kappa shape index (κ3) is 2.73. The van der Waals surface area contributed by atoms with Gasteiger partial charge in [-0.05, 0) is 73.0 Å². The summed E-state index contributed by atoms with van der Waals surface area (Å²) in [7, 11) is 0. The predicted molar refractivity (Wildman–Crippen MR) is 102 cm³/mol. The zero-order valence-electron chi connectivity index (χ0n) is 15.4. The SMILES string of the molecule is CCCCCC1=CC(C2=C(C)C(C)=C(C)C2C)c2ccccc21. The zero-order valence-corrected chi connectivity index (χ0v) is 15.4. The van der Waals surface area contributed by atoms with E-state index >= 15 is 0 Å². The van der Waals surface area contributed by atoms with Crippen molar-refractivity contribution in [3.8, 4) is 0 Å². The molecule has 2 atom stereocenters. The highest BCUT2D eigenvalue weighted by molar-refractivity contribution is 5.77. The highest BCUT2D eigenvalue weighted by Crippen LogP contribution is 2.49. The largest absolute Gasteiger partial charge is 0.0691 e. The lowest BCUT2D eigenvalue weighted by Gasteiger charge is -2.20. The first-order valence-electron chi connectivity index (χ1n) is 9.24. The van der Waals surface area contributed by atoms with Crippen molar-refractivity contribution < 1.29 is 0 Å². The Morgan fingerprint density at radius 2 is 1.70 bits per heavy atom. The van der Waals surface area contributed by atoms with Crippen molar-refractivity contribution in [1.29, 1.82) is 0 Å². The standard InChI is InChI=1S/C23H30/c1-6-7-8-11-19-14-22(21-13-10-9-12-20(19)21)23-17(4)15(2)16(3)18(23)5/h9-10,12-14,17,22H,6-8,11H2,1-5H3. The van der Waals surface area contributed by atoms with E-state index in [1.165, 1.54) is 48.0 Å². The molecular formula is C23H30. The summed E-state index contributed by atoms with van der Waals surface area (Å²) >= 11 is 0. The fourth-order valence-electron chi connectivity index (χ4n) is 4.38. The number of benzene rings is 1. The Hall–Kier alpha value is -1.56. The van der Waals surface area contributed by atoms with Crippen LogP contribution in [0.1, 0.15) is 77.3 Å². The van der Waals surface area contributed by atoms with Gasteiger partial charge < -0.3 is 0 Å². The van der Waals surface area contributed by atoms with E-state index < -0.39 is 0 Å². The zero-order chi connectivity index (χ0) is 16.6. The van der Waals surface area contributed by atoms with Gasteiger partial charge in [-0.2, -0.15) is 0 Å². The van der Waals surface area contributed by atoms with Crippen LogP contribution < -0.4 is 0 Å². The molecule has 0 aromatic heterocycles. The van der Waals surface area contributed by atoms with Gasteiger partial charge >= 0.3 is 0 Å². The predicted octanol–water partition coefficient (Wildman–Crippen LogP) is 7.05. The fourth-order valence-corrected chi connectivity index (χ4v) is 4.38. The Balaban J connectivity index is 1.98. The molecule has 23 heavy (non-hydrogen) atoms. The topological polar surface area (TPSA) is 0 Å². The Morgan fingerprint density at radius 1 is 0.957 bits per heavy atom. The molecule has 1 aromatic carbocycles. The minimum atomic E-state index is 0.491. The minimum Gasteiger partial charge on any atom is -0.0691 e. The van der Waals surface area contributed by atoms with Gasteiger partial charge in [0, 0.05) is 5.92 Å². The van der Waals surface area contributed by atoms with Crippen molar-refractivity contribution >= 4 is 5.57 Å². The molecule has 1 aromatic rings. The van der Waals surface area contributed by atoms with Crippen molar-refractivity contribution in [2.45, 2.75) is 66.2 Å². The van der Waals surface area contributed by atoms with Crippen molar-refractivity contribution in [1.82, 2.24) is 0 Å². The molecule has 2 unspecified atom stereocenters. The molecule has 0 amide bonds. The highest BCUT2D eigenvalue weighted by atomic mass is 14.4. The van der Waals surface area contributed by atoms with Crippen LogP contribution in [0.5, 0.6) is 0 Å². The molecule has 0 heteroatoms. The maximum Gasteiger partial charge on any atom is 0.0252 e. The fraction of sp³-hybridized carbons (Fsp3) is 0.478. The molecule has 0 bridgehead atoms. The molecular weight excluding hydrogens is 276 g/mol. The normalized spacial score (nSPS) is 23.6. The third-order valence-electron chi connectivity index (χ3n) is 6.10. The Labute approximate surface area is 142 Å². The van der Waals surface area contributed by atoms with E-state index in [4.69, 9.17) is 0 Å². The lowest BCUT2D eigenvalue weighted by atomic mass is 9.84. The van der Waals surface area contributed by atoms with Gasteiger partial charge in [0.25, 0.3) is 0 Å². The average Bonchev–Trinajstić information content (AvgIpc) is 3.00. The van der Waals surface area contributed by atoms with Crippen LogP contribution in [0.4, 0.5) is 0 Å². The number of hydrogen-bond donors (Lipinski definition) is 0. The molecule has 2 aliphatic rings. The molecule has 2 aliphatic carbocycles. The Morgan fingerprint density at radius 3 is 2.35 bits per heavy atom. The quantitative estimate of drug-likeness (QED) is 0.511. The summed E-state index contributed by atoms with van der Waals surface area (Å²) < 4.78 is 0. The van der Waals surface area contributed by atoms with Gasteiger partial charge in [0.1, 0.15) is 0 Å². The van der Waals surface area contributed by atoms with E-state index in [0.717, 1.165) is 0 Å². The van der Waals surface area contributed by atoms with Gasteiger partial charge in [0.2, 0.25) is 0 Å². The monoisotopic (exact) mass is 306 g/mol. The van der Waals surface area contributed by atoms with Crippen molar-refractivity contribution in [3.63, 3.8) is 0 Å². The average molecular weight is 306 g/mol. The summed E-state index contributed by atoms with van der Waals surface area (Å²) in [5.74, 6) is 1.07. The first-order valence-corrected chi connectivity index (χ1v) is 9.24. The van der Waals surface area contributed by atoms with Crippen LogP contribution in [-0.2, 0) is 0 Å². The first kappa shape index (κ1) is 16.3. The lowest BCUT2D eigenvalue weighted by molar-refractivity contribution is 0.734. The number of rotatable bonds is 5. The van der Waals surface area contributed by atoms with Crippen LogP contribution in [0, 0.1) is 5.92 Å². The maximum atomic E-state index is 2.57. The van der Waals surface area contributed by atoms with E-state index in [2.05, 4.69) is 65.0 Å². The lowest BCUT2D eigenvalue weighted by Crippen LogP contribution is -2.06. The third-order valence-corrected chi connectivity index (χ3v) is 6.10. The van der Waals surface area contributed by atoms with Gasteiger partial charge in [-0.1, -0.05) is 62.6 Å². The van der Waals surface area contributed by atoms with Gasteiger partial charge in [0.05, 0.1) is 0 Å². The second kappa shape index (κ2) is 6.51. The van der Waals surface area contributed by atoms with Gasteiger partial charge in [-0.3, -0.25) is 0 Å². The molecule has 0 fully saturated rings. The molecule has 0 N–H and O–H groups in total. The summed E-state index contributed by atoms with van der Waals surface area (Å²) in [6.45, 7) is 11.6. The molecule has 0 aliphatic heterocycles. The van der Waals surface area contributed by atoms with Crippen molar-refractivity contribution in [2.24, 2.45) is 5.92 Å². The summed E-state index contributed by atoms with van der Waals surface area (Å²) in [6.07, 6.45) is 7.74. The molecule has 0 radical (unpaired) electrons. The molecule has 3 rings (SSSR count). The molecule has 0 spiro atoms. The summed E-state index contributed by atoms with van der Waals surface area (Å²) in [6, 6.07) is 9.08. The molecule has 0 saturated heterocycles. The van der Waals surface area contributed by atoms with E-state index in [1.807, 2.05) is 0 Å². The van der Waals surface area contributed by atoms with Gasteiger partial charge in [0.15, 0.2) is 0 Å². The molecule has 0 heterocycles. The Bertz CT molecular complexity index is 697. The second-order valence-electron chi connectivity index (χ2n) is 7.32. The second-order valence-corrected chi connectivity index (χ2v) is 7.32.